The molecule has 0 aliphatic carbocycles. The van der Waals surface area contributed by atoms with Gasteiger partial charge in [-0.25, -0.2) is 4.39 Å². The van der Waals surface area contributed by atoms with Crippen molar-refractivity contribution in [2.45, 2.75) is 45.3 Å². The molecule has 2 unspecified atom stereocenters. The van der Waals surface area contributed by atoms with E-state index in [1.165, 1.54) is 6.07 Å². The van der Waals surface area contributed by atoms with Crippen LogP contribution in [0.2, 0.25) is 5.02 Å². The first-order valence-corrected chi connectivity index (χ1v) is 7.14. The molecule has 1 N–H and O–H groups in total. The molecule has 0 saturated carbocycles. The summed E-state index contributed by atoms with van der Waals surface area (Å²) in [5.41, 5.74) is 0.696. The number of benzene rings is 1. The van der Waals surface area contributed by atoms with Crippen molar-refractivity contribution in [1.82, 2.24) is 5.32 Å². The minimum atomic E-state index is -0.235. The monoisotopic (exact) mass is 287 g/mol. The normalized spacial score (nSPS) is 14.4. The molecule has 1 aromatic rings. The molecule has 0 amide bonds. The summed E-state index contributed by atoms with van der Waals surface area (Å²) in [6, 6.07) is 5.07. The van der Waals surface area contributed by atoms with E-state index in [0.29, 0.717) is 17.0 Å². The van der Waals surface area contributed by atoms with Crippen LogP contribution in [0, 0.1) is 5.82 Å². The molecule has 1 rings (SSSR count). The molecular formula is C15H23ClFNO. The van der Waals surface area contributed by atoms with E-state index in [-0.39, 0.29) is 18.0 Å². The summed E-state index contributed by atoms with van der Waals surface area (Å²) in [5.74, 6) is -0.235. The molecule has 0 fully saturated rings. The van der Waals surface area contributed by atoms with E-state index in [0.717, 1.165) is 19.4 Å². The summed E-state index contributed by atoms with van der Waals surface area (Å²) in [5, 5.41) is 3.88. The topological polar surface area (TPSA) is 21.3 Å². The van der Waals surface area contributed by atoms with E-state index >= 15 is 0 Å². The smallest absolute Gasteiger partial charge is 0.127 e. The molecule has 0 aliphatic heterocycles. The third-order valence-corrected chi connectivity index (χ3v) is 3.42. The highest BCUT2D eigenvalue weighted by atomic mass is 35.5. The lowest BCUT2D eigenvalue weighted by molar-refractivity contribution is 0.100. The average Bonchev–Trinajstić information content (AvgIpc) is 2.38. The Bertz CT molecular complexity index is 386. The summed E-state index contributed by atoms with van der Waals surface area (Å²) in [4.78, 5) is 0. The second-order valence-electron chi connectivity index (χ2n) is 4.87. The molecule has 0 radical (unpaired) electrons. The summed E-state index contributed by atoms with van der Waals surface area (Å²) < 4.78 is 19.1. The molecular weight excluding hydrogens is 265 g/mol. The van der Waals surface area contributed by atoms with E-state index in [2.05, 4.69) is 12.2 Å². The predicted octanol–water partition coefficient (Wildman–Crippen LogP) is 3.81. The van der Waals surface area contributed by atoms with Crippen molar-refractivity contribution in [2.24, 2.45) is 0 Å². The fourth-order valence-corrected chi connectivity index (χ4v) is 2.20. The number of ether oxygens (including phenoxy) is 1. The van der Waals surface area contributed by atoms with Gasteiger partial charge in [0.1, 0.15) is 5.82 Å². The molecule has 0 bridgehead atoms. The largest absolute Gasteiger partial charge is 0.382 e. The van der Waals surface area contributed by atoms with E-state index < -0.39 is 0 Å². The van der Waals surface area contributed by atoms with Crippen LogP contribution >= 0.6 is 11.6 Å². The number of hydrogen-bond acceptors (Lipinski definition) is 2. The Morgan fingerprint density at radius 1 is 1.42 bits per heavy atom. The zero-order valence-corrected chi connectivity index (χ0v) is 12.6. The minimum absolute atomic E-state index is 0.157. The van der Waals surface area contributed by atoms with Crippen LogP contribution in [0.4, 0.5) is 4.39 Å². The van der Waals surface area contributed by atoms with Crippen molar-refractivity contribution in [3.8, 4) is 0 Å². The first-order valence-electron chi connectivity index (χ1n) is 6.76. The third kappa shape index (κ3) is 5.89. The van der Waals surface area contributed by atoms with Crippen molar-refractivity contribution < 1.29 is 9.13 Å². The van der Waals surface area contributed by atoms with Gasteiger partial charge in [-0.1, -0.05) is 24.6 Å². The van der Waals surface area contributed by atoms with Gasteiger partial charge in [0.05, 0.1) is 6.10 Å². The van der Waals surface area contributed by atoms with Gasteiger partial charge >= 0.3 is 0 Å². The predicted molar refractivity (Wildman–Crippen MR) is 78.3 cm³/mol. The van der Waals surface area contributed by atoms with Crippen LogP contribution in [0.5, 0.6) is 0 Å². The summed E-state index contributed by atoms with van der Waals surface area (Å²) in [7, 11) is 1.70. The lowest BCUT2D eigenvalue weighted by Crippen LogP contribution is -2.35. The first-order chi connectivity index (χ1) is 9.06. The maximum atomic E-state index is 13.8. The molecule has 0 heterocycles. The standard InChI is InChI=1S/C15H23ClFNO/c1-4-7-18-14(8-11(2)19-3)9-12-5-6-13(16)10-15(12)17/h5-6,10-11,14,18H,4,7-9H2,1-3H3. The zero-order chi connectivity index (χ0) is 14.3. The second kappa shape index (κ2) is 8.51. The highest BCUT2D eigenvalue weighted by Gasteiger charge is 2.15. The van der Waals surface area contributed by atoms with Gasteiger partial charge < -0.3 is 10.1 Å². The third-order valence-electron chi connectivity index (χ3n) is 3.18. The number of nitrogens with one attached hydrogen (secondary N) is 1. The van der Waals surface area contributed by atoms with Gasteiger partial charge in [-0.15, -0.1) is 0 Å². The van der Waals surface area contributed by atoms with Crippen LogP contribution < -0.4 is 5.32 Å². The van der Waals surface area contributed by atoms with Crippen LogP contribution in [0.15, 0.2) is 18.2 Å². The SMILES string of the molecule is CCCNC(Cc1ccc(Cl)cc1F)CC(C)OC. The number of rotatable bonds is 8. The van der Waals surface area contributed by atoms with Crippen molar-refractivity contribution in [1.29, 1.82) is 0 Å². The Balaban J connectivity index is 2.69. The Morgan fingerprint density at radius 3 is 2.74 bits per heavy atom. The quantitative estimate of drug-likeness (QED) is 0.785. The second-order valence-corrected chi connectivity index (χ2v) is 5.31. The molecule has 19 heavy (non-hydrogen) atoms. The fourth-order valence-electron chi connectivity index (χ4n) is 2.04. The maximum Gasteiger partial charge on any atom is 0.127 e. The number of hydrogen-bond donors (Lipinski definition) is 1. The highest BCUT2D eigenvalue weighted by Crippen LogP contribution is 2.17. The molecule has 108 valence electrons. The van der Waals surface area contributed by atoms with Gasteiger partial charge in [-0.05, 0) is 50.4 Å². The highest BCUT2D eigenvalue weighted by molar-refractivity contribution is 6.30. The van der Waals surface area contributed by atoms with Gasteiger partial charge in [0.25, 0.3) is 0 Å². The lowest BCUT2D eigenvalue weighted by atomic mass is 10.0. The van der Waals surface area contributed by atoms with Crippen molar-refractivity contribution in [2.75, 3.05) is 13.7 Å². The van der Waals surface area contributed by atoms with E-state index in [1.54, 1.807) is 19.2 Å². The molecule has 0 spiro atoms. The lowest BCUT2D eigenvalue weighted by Gasteiger charge is -2.22. The van der Waals surface area contributed by atoms with Crippen LogP contribution in [0.3, 0.4) is 0 Å². The van der Waals surface area contributed by atoms with Crippen LogP contribution in [-0.2, 0) is 11.2 Å². The average molecular weight is 288 g/mol. The summed E-state index contributed by atoms with van der Waals surface area (Å²) in [6.07, 6.45) is 2.72. The molecule has 2 atom stereocenters. The number of methoxy groups -OCH3 is 1. The van der Waals surface area contributed by atoms with Gasteiger partial charge in [0.15, 0.2) is 0 Å². The molecule has 2 nitrogen and oxygen atoms in total. The first kappa shape index (κ1) is 16.4. The fraction of sp³-hybridized carbons (Fsp3) is 0.600. The molecule has 0 saturated heterocycles. The number of halogens is 2. The van der Waals surface area contributed by atoms with Crippen molar-refractivity contribution in [3.05, 3.63) is 34.6 Å². The van der Waals surface area contributed by atoms with Crippen molar-refractivity contribution >= 4 is 11.6 Å². The summed E-state index contributed by atoms with van der Waals surface area (Å²) >= 11 is 5.77. The van der Waals surface area contributed by atoms with Crippen LogP contribution in [-0.4, -0.2) is 25.8 Å². The molecule has 0 aromatic heterocycles. The van der Waals surface area contributed by atoms with Gasteiger partial charge in [-0.2, -0.15) is 0 Å². The molecule has 1 aromatic carbocycles. The minimum Gasteiger partial charge on any atom is -0.382 e. The molecule has 4 heteroatoms. The Morgan fingerprint density at radius 2 is 2.16 bits per heavy atom. The molecule has 0 aliphatic rings. The Hall–Kier alpha value is -0.640. The Kier molecular flexibility index (Phi) is 7.36. The van der Waals surface area contributed by atoms with Crippen molar-refractivity contribution in [3.63, 3.8) is 0 Å². The zero-order valence-electron chi connectivity index (χ0n) is 11.9. The summed E-state index contributed by atoms with van der Waals surface area (Å²) in [6.45, 7) is 5.07. The maximum absolute atomic E-state index is 13.8. The van der Waals surface area contributed by atoms with Gasteiger partial charge in [-0.3, -0.25) is 0 Å². The van der Waals surface area contributed by atoms with Gasteiger partial charge in [0.2, 0.25) is 0 Å². The van der Waals surface area contributed by atoms with Crippen LogP contribution in [0.25, 0.3) is 0 Å². The van der Waals surface area contributed by atoms with Crippen LogP contribution in [0.1, 0.15) is 32.3 Å². The van der Waals surface area contributed by atoms with E-state index in [1.807, 2.05) is 6.92 Å². The van der Waals surface area contributed by atoms with E-state index in [4.69, 9.17) is 16.3 Å². The Labute approximate surface area is 120 Å². The van der Waals surface area contributed by atoms with E-state index in [9.17, 15) is 4.39 Å². The van der Waals surface area contributed by atoms with Gasteiger partial charge in [0, 0.05) is 18.2 Å².